The lowest BCUT2D eigenvalue weighted by atomic mass is 10.0. The minimum Gasteiger partial charge on any atom is -0.508 e. The maximum absolute atomic E-state index is 12.5. The maximum atomic E-state index is 12.5. The highest BCUT2D eigenvalue weighted by molar-refractivity contribution is 5.86. The third-order valence-corrected chi connectivity index (χ3v) is 5.61. The monoisotopic (exact) mass is 464 g/mol. The zero-order valence-corrected chi connectivity index (χ0v) is 17.9. The third-order valence-electron chi connectivity index (χ3n) is 5.61. The fourth-order valence-corrected chi connectivity index (χ4v) is 3.97. The number of fused-ring (bicyclic) bond motifs is 2. The fraction of sp³-hybridized carbons (Fsp3) is 0.160. The highest BCUT2D eigenvalue weighted by Gasteiger charge is 2.33. The van der Waals surface area contributed by atoms with Crippen LogP contribution in [-0.2, 0) is 0 Å². The van der Waals surface area contributed by atoms with Crippen molar-refractivity contribution in [3.8, 4) is 45.8 Å². The van der Waals surface area contributed by atoms with Crippen molar-refractivity contribution in [3.05, 3.63) is 70.4 Å². The van der Waals surface area contributed by atoms with Gasteiger partial charge in [0, 0.05) is 29.3 Å². The van der Waals surface area contributed by atoms with Crippen molar-refractivity contribution in [1.82, 2.24) is 0 Å². The molecule has 0 amide bonds. The van der Waals surface area contributed by atoms with Crippen molar-refractivity contribution in [3.63, 3.8) is 0 Å². The highest BCUT2D eigenvalue weighted by Crippen LogP contribution is 2.43. The SMILES string of the molecule is COc1cc([C@@H]2Oc3ccc(-c4cc(=O)c5c(O)cc(O)cc5o4)cc3O[C@@H]2CO)ccc1O. The van der Waals surface area contributed by atoms with Crippen molar-refractivity contribution in [1.29, 1.82) is 0 Å². The molecule has 0 spiro atoms. The van der Waals surface area contributed by atoms with E-state index >= 15 is 0 Å². The van der Waals surface area contributed by atoms with E-state index in [-0.39, 0.29) is 46.3 Å². The number of hydrogen-bond acceptors (Lipinski definition) is 9. The second kappa shape index (κ2) is 8.20. The Hall–Kier alpha value is -4.37. The summed E-state index contributed by atoms with van der Waals surface area (Å²) in [6.45, 7) is -0.346. The minimum atomic E-state index is -0.755. The zero-order chi connectivity index (χ0) is 24.0. The first-order chi connectivity index (χ1) is 16.4. The quantitative estimate of drug-likeness (QED) is 0.358. The zero-order valence-electron chi connectivity index (χ0n) is 17.9. The Morgan fingerprint density at radius 1 is 0.912 bits per heavy atom. The van der Waals surface area contributed by atoms with E-state index in [1.807, 2.05) is 0 Å². The average molecular weight is 464 g/mol. The van der Waals surface area contributed by atoms with Gasteiger partial charge in [-0.25, -0.2) is 0 Å². The third kappa shape index (κ3) is 3.61. The molecular formula is C25H20O9. The predicted molar refractivity (Wildman–Crippen MR) is 121 cm³/mol. The Balaban J connectivity index is 1.53. The largest absolute Gasteiger partial charge is 0.508 e. The van der Waals surface area contributed by atoms with Crippen LogP contribution < -0.4 is 19.6 Å². The molecule has 5 rings (SSSR count). The van der Waals surface area contributed by atoms with Crippen LogP contribution in [0.15, 0.2) is 63.8 Å². The van der Waals surface area contributed by atoms with Crippen LogP contribution in [-0.4, -0.2) is 40.2 Å². The molecular weight excluding hydrogens is 444 g/mol. The van der Waals surface area contributed by atoms with Crippen LogP contribution >= 0.6 is 0 Å². The molecule has 2 atom stereocenters. The van der Waals surface area contributed by atoms with Crippen LogP contribution in [0.2, 0.25) is 0 Å². The van der Waals surface area contributed by atoms with Gasteiger partial charge in [-0.1, -0.05) is 6.07 Å². The van der Waals surface area contributed by atoms with Crippen LogP contribution in [0.25, 0.3) is 22.3 Å². The second-order valence-corrected chi connectivity index (χ2v) is 7.78. The van der Waals surface area contributed by atoms with Crippen LogP contribution in [0.1, 0.15) is 11.7 Å². The van der Waals surface area contributed by atoms with Gasteiger partial charge in [-0.15, -0.1) is 0 Å². The summed E-state index contributed by atoms with van der Waals surface area (Å²) in [7, 11) is 1.44. The first kappa shape index (κ1) is 21.5. The van der Waals surface area contributed by atoms with E-state index in [0.29, 0.717) is 22.6 Å². The summed E-state index contributed by atoms with van der Waals surface area (Å²) in [6.07, 6.45) is -1.42. The van der Waals surface area contributed by atoms with Crippen molar-refractivity contribution >= 4 is 11.0 Å². The molecule has 9 nitrogen and oxygen atoms in total. The van der Waals surface area contributed by atoms with Gasteiger partial charge in [-0.2, -0.15) is 0 Å². The van der Waals surface area contributed by atoms with Gasteiger partial charge in [0.15, 0.2) is 40.6 Å². The molecule has 1 aliphatic rings. The van der Waals surface area contributed by atoms with Gasteiger partial charge >= 0.3 is 0 Å². The molecule has 1 aromatic heterocycles. The Labute approximate surface area is 192 Å². The van der Waals surface area contributed by atoms with Gasteiger partial charge in [0.25, 0.3) is 0 Å². The maximum Gasteiger partial charge on any atom is 0.197 e. The molecule has 174 valence electrons. The van der Waals surface area contributed by atoms with Crippen LogP contribution in [0.3, 0.4) is 0 Å². The summed E-state index contributed by atoms with van der Waals surface area (Å²) < 4.78 is 23.0. The average Bonchev–Trinajstić information content (AvgIpc) is 2.82. The molecule has 0 unspecified atom stereocenters. The predicted octanol–water partition coefficient (Wildman–Crippen LogP) is 3.46. The van der Waals surface area contributed by atoms with Gasteiger partial charge in [0.05, 0.1) is 13.7 Å². The lowest BCUT2D eigenvalue weighted by Crippen LogP contribution is -2.36. The number of methoxy groups -OCH3 is 1. The molecule has 0 radical (unpaired) electrons. The number of rotatable bonds is 4. The molecule has 0 aliphatic carbocycles. The summed E-state index contributed by atoms with van der Waals surface area (Å²) in [5.74, 6) is 0.563. The summed E-state index contributed by atoms with van der Waals surface area (Å²) in [5.41, 5.74) is 0.692. The molecule has 34 heavy (non-hydrogen) atoms. The standard InChI is InChI=1S/C25H20O9/c1-31-20-7-13(2-4-15(20)28)25-23(11-26)33-21-6-12(3-5-18(21)34-25)19-10-17(30)24-16(29)8-14(27)9-22(24)32-19/h2-10,23,25-29H,11H2,1H3/t23-,25+/m1/s1. The van der Waals surface area contributed by atoms with E-state index in [4.69, 9.17) is 18.6 Å². The van der Waals surface area contributed by atoms with Crippen molar-refractivity contribution in [2.75, 3.05) is 13.7 Å². The molecule has 0 saturated heterocycles. The van der Waals surface area contributed by atoms with Gasteiger partial charge in [-0.3, -0.25) is 4.79 Å². The lowest BCUT2D eigenvalue weighted by Gasteiger charge is -2.33. The molecule has 2 heterocycles. The summed E-state index contributed by atoms with van der Waals surface area (Å²) in [6, 6.07) is 13.2. The molecule has 0 bridgehead atoms. The van der Waals surface area contributed by atoms with E-state index < -0.39 is 17.6 Å². The molecule has 4 N–H and O–H groups in total. The normalized spacial score (nSPS) is 17.0. The van der Waals surface area contributed by atoms with Crippen LogP contribution in [0, 0.1) is 0 Å². The van der Waals surface area contributed by atoms with Crippen LogP contribution in [0.5, 0.6) is 34.5 Å². The van der Waals surface area contributed by atoms with Gasteiger partial charge in [-0.05, 0) is 30.3 Å². The summed E-state index contributed by atoms with van der Waals surface area (Å²) >= 11 is 0. The van der Waals surface area contributed by atoms with E-state index in [1.165, 1.54) is 25.3 Å². The number of benzene rings is 3. The minimum absolute atomic E-state index is 0.0212. The summed E-state index contributed by atoms with van der Waals surface area (Å²) in [4.78, 5) is 12.5. The van der Waals surface area contributed by atoms with Crippen molar-refractivity contribution in [2.24, 2.45) is 0 Å². The van der Waals surface area contributed by atoms with E-state index in [9.17, 15) is 25.2 Å². The molecule has 0 fully saturated rings. The summed E-state index contributed by atoms with van der Waals surface area (Å²) in [5, 5.41) is 39.5. The van der Waals surface area contributed by atoms with Crippen molar-refractivity contribution in [2.45, 2.75) is 12.2 Å². The van der Waals surface area contributed by atoms with Gasteiger partial charge in [0.2, 0.25) is 0 Å². The number of aliphatic hydroxyl groups is 1. The van der Waals surface area contributed by atoms with Gasteiger partial charge in [0.1, 0.15) is 28.2 Å². The molecule has 4 aromatic rings. The number of phenols is 3. The number of aromatic hydroxyl groups is 3. The van der Waals surface area contributed by atoms with E-state index in [2.05, 4.69) is 0 Å². The van der Waals surface area contributed by atoms with E-state index in [1.54, 1.807) is 30.3 Å². The Bertz CT molecular complexity index is 1460. The van der Waals surface area contributed by atoms with Crippen molar-refractivity contribution < 1.29 is 39.1 Å². The van der Waals surface area contributed by atoms with E-state index in [0.717, 1.165) is 6.07 Å². The highest BCUT2D eigenvalue weighted by atomic mass is 16.6. The Morgan fingerprint density at radius 2 is 1.74 bits per heavy atom. The first-order valence-electron chi connectivity index (χ1n) is 10.3. The second-order valence-electron chi connectivity index (χ2n) is 7.78. The molecule has 1 aliphatic heterocycles. The Morgan fingerprint density at radius 3 is 2.50 bits per heavy atom. The van der Waals surface area contributed by atoms with Crippen LogP contribution in [0.4, 0.5) is 0 Å². The smallest absolute Gasteiger partial charge is 0.197 e. The number of ether oxygens (including phenoxy) is 3. The molecule has 9 heteroatoms. The Kier molecular flexibility index (Phi) is 5.18. The number of phenolic OH excluding ortho intramolecular Hbond substituents is 3. The number of hydrogen-bond donors (Lipinski definition) is 4. The lowest BCUT2D eigenvalue weighted by molar-refractivity contribution is -0.0123. The molecule has 3 aromatic carbocycles. The first-order valence-corrected chi connectivity index (χ1v) is 10.3. The topological polar surface area (TPSA) is 139 Å². The van der Waals surface area contributed by atoms with Gasteiger partial charge < -0.3 is 39.1 Å². The fourth-order valence-electron chi connectivity index (χ4n) is 3.97. The molecule has 0 saturated carbocycles. The number of aliphatic hydroxyl groups excluding tert-OH is 1.